The summed E-state index contributed by atoms with van der Waals surface area (Å²) in [6, 6.07) is 5.74. The lowest BCUT2D eigenvalue weighted by Crippen LogP contribution is -2.44. The van der Waals surface area contributed by atoms with E-state index in [1.54, 1.807) is 0 Å². The first-order valence-electron chi connectivity index (χ1n) is 5.20. The summed E-state index contributed by atoms with van der Waals surface area (Å²) < 4.78 is 6.76. The highest BCUT2D eigenvalue weighted by Gasteiger charge is 2.28. The van der Waals surface area contributed by atoms with Gasteiger partial charge in [0.1, 0.15) is 10.2 Å². The third-order valence-electron chi connectivity index (χ3n) is 2.70. The van der Waals surface area contributed by atoms with Gasteiger partial charge < -0.3 is 10.1 Å². The highest BCUT2D eigenvalue weighted by atomic mass is 79.9. The Labute approximate surface area is 98.4 Å². The molecule has 0 aromatic carbocycles. The van der Waals surface area contributed by atoms with Crippen molar-refractivity contribution in [2.45, 2.75) is 25.4 Å². The van der Waals surface area contributed by atoms with E-state index in [-0.39, 0.29) is 5.60 Å². The fourth-order valence-electron chi connectivity index (χ4n) is 1.76. The number of hydrogen-bond donors (Lipinski definition) is 1. The largest absolute Gasteiger partial charge is 0.471 e. The standard InChI is InChI=1S/C11H15BrN2O/c1-11(5-7-13-8-6-11)15-10-4-2-3-9(12)14-10/h2-4,13H,5-8H2,1H3. The minimum absolute atomic E-state index is 0.0704. The second kappa shape index (κ2) is 4.49. The van der Waals surface area contributed by atoms with Gasteiger partial charge in [0.25, 0.3) is 0 Å². The summed E-state index contributed by atoms with van der Waals surface area (Å²) in [5.41, 5.74) is -0.0704. The molecule has 15 heavy (non-hydrogen) atoms. The van der Waals surface area contributed by atoms with E-state index in [1.165, 1.54) is 0 Å². The van der Waals surface area contributed by atoms with Crippen LogP contribution in [0.3, 0.4) is 0 Å². The highest BCUT2D eigenvalue weighted by molar-refractivity contribution is 9.10. The predicted molar refractivity (Wildman–Crippen MR) is 63.1 cm³/mol. The molecule has 4 heteroatoms. The van der Waals surface area contributed by atoms with Crippen molar-refractivity contribution in [2.75, 3.05) is 13.1 Å². The Bertz CT molecular complexity index is 337. The number of nitrogens with zero attached hydrogens (tertiary/aromatic N) is 1. The lowest BCUT2D eigenvalue weighted by Gasteiger charge is -2.34. The molecule has 1 aliphatic rings. The average molecular weight is 271 g/mol. The van der Waals surface area contributed by atoms with Gasteiger partial charge in [-0.1, -0.05) is 6.07 Å². The van der Waals surface area contributed by atoms with Gasteiger partial charge in [0.15, 0.2) is 0 Å². The van der Waals surface area contributed by atoms with E-state index in [0.29, 0.717) is 5.88 Å². The SMILES string of the molecule is CC1(Oc2cccc(Br)n2)CCNCC1. The first kappa shape index (κ1) is 10.9. The third kappa shape index (κ3) is 2.92. The summed E-state index contributed by atoms with van der Waals surface area (Å²) >= 11 is 3.34. The second-order valence-electron chi connectivity index (χ2n) is 4.10. The maximum atomic E-state index is 5.94. The molecule has 0 atom stereocenters. The molecule has 2 rings (SSSR count). The maximum absolute atomic E-state index is 5.94. The molecule has 1 saturated heterocycles. The van der Waals surface area contributed by atoms with Crippen molar-refractivity contribution in [2.24, 2.45) is 0 Å². The molecule has 82 valence electrons. The quantitative estimate of drug-likeness (QED) is 0.838. The van der Waals surface area contributed by atoms with E-state index in [2.05, 4.69) is 33.2 Å². The number of aromatic nitrogens is 1. The van der Waals surface area contributed by atoms with Gasteiger partial charge in [0.05, 0.1) is 0 Å². The normalized spacial score (nSPS) is 19.9. The van der Waals surface area contributed by atoms with Gasteiger partial charge in [-0.15, -0.1) is 0 Å². The Morgan fingerprint density at radius 1 is 1.40 bits per heavy atom. The summed E-state index contributed by atoms with van der Waals surface area (Å²) in [5, 5.41) is 3.33. The Morgan fingerprint density at radius 3 is 2.80 bits per heavy atom. The van der Waals surface area contributed by atoms with Crippen molar-refractivity contribution in [3.63, 3.8) is 0 Å². The van der Waals surface area contributed by atoms with Crippen LogP contribution in [-0.4, -0.2) is 23.7 Å². The van der Waals surface area contributed by atoms with Gasteiger partial charge in [-0.2, -0.15) is 0 Å². The molecular formula is C11H15BrN2O. The fourth-order valence-corrected chi connectivity index (χ4v) is 2.08. The van der Waals surface area contributed by atoms with E-state index < -0.39 is 0 Å². The molecule has 0 spiro atoms. The lowest BCUT2D eigenvalue weighted by atomic mass is 9.95. The zero-order valence-corrected chi connectivity index (χ0v) is 10.4. The van der Waals surface area contributed by atoms with E-state index in [0.717, 1.165) is 30.5 Å². The predicted octanol–water partition coefficient (Wildman–Crippen LogP) is 2.37. The summed E-state index contributed by atoms with van der Waals surface area (Å²) in [6.45, 7) is 4.19. The van der Waals surface area contributed by atoms with E-state index >= 15 is 0 Å². The first-order valence-corrected chi connectivity index (χ1v) is 6.00. The number of ether oxygens (including phenoxy) is 1. The van der Waals surface area contributed by atoms with E-state index in [9.17, 15) is 0 Å². The minimum atomic E-state index is -0.0704. The van der Waals surface area contributed by atoms with Crippen LogP contribution in [0.5, 0.6) is 5.88 Å². The lowest BCUT2D eigenvalue weighted by molar-refractivity contribution is 0.0507. The number of hydrogen-bond acceptors (Lipinski definition) is 3. The van der Waals surface area contributed by atoms with Crippen LogP contribution in [0.2, 0.25) is 0 Å². The van der Waals surface area contributed by atoms with Gasteiger partial charge >= 0.3 is 0 Å². The zero-order chi connectivity index (χ0) is 10.7. The molecule has 1 aromatic rings. The Hall–Kier alpha value is -0.610. The van der Waals surface area contributed by atoms with Gasteiger partial charge in [-0.05, 0) is 54.9 Å². The topological polar surface area (TPSA) is 34.1 Å². The van der Waals surface area contributed by atoms with Crippen molar-refractivity contribution < 1.29 is 4.74 Å². The number of nitrogens with one attached hydrogen (secondary N) is 1. The van der Waals surface area contributed by atoms with Crippen LogP contribution in [0.1, 0.15) is 19.8 Å². The molecule has 0 saturated carbocycles. The van der Waals surface area contributed by atoms with Crippen molar-refractivity contribution in [3.05, 3.63) is 22.8 Å². The summed E-state index contributed by atoms with van der Waals surface area (Å²) in [4.78, 5) is 4.29. The summed E-state index contributed by atoms with van der Waals surface area (Å²) in [7, 11) is 0. The number of pyridine rings is 1. The third-order valence-corrected chi connectivity index (χ3v) is 3.14. The molecule has 3 nitrogen and oxygen atoms in total. The van der Waals surface area contributed by atoms with Crippen LogP contribution < -0.4 is 10.1 Å². The summed E-state index contributed by atoms with van der Waals surface area (Å²) in [6.07, 6.45) is 2.06. The highest BCUT2D eigenvalue weighted by Crippen LogP contribution is 2.25. The molecule has 0 aliphatic carbocycles. The first-order chi connectivity index (χ1) is 7.18. The Balaban J connectivity index is 2.06. The van der Waals surface area contributed by atoms with Crippen molar-refractivity contribution in [1.82, 2.24) is 10.3 Å². The maximum Gasteiger partial charge on any atom is 0.214 e. The molecule has 1 aromatic heterocycles. The molecule has 2 heterocycles. The minimum Gasteiger partial charge on any atom is -0.471 e. The smallest absolute Gasteiger partial charge is 0.214 e. The number of piperidine rings is 1. The van der Waals surface area contributed by atoms with Crippen LogP contribution in [-0.2, 0) is 0 Å². The van der Waals surface area contributed by atoms with Crippen LogP contribution in [0.25, 0.3) is 0 Å². The molecule has 1 fully saturated rings. The van der Waals surface area contributed by atoms with Gasteiger partial charge in [-0.3, -0.25) is 0 Å². The van der Waals surface area contributed by atoms with Crippen LogP contribution in [0.15, 0.2) is 22.8 Å². The summed E-state index contributed by atoms with van der Waals surface area (Å²) in [5.74, 6) is 0.703. The van der Waals surface area contributed by atoms with Crippen molar-refractivity contribution in [3.8, 4) is 5.88 Å². The molecular weight excluding hydrogens is 256 g/mol. The molecule has 1 aliphatic heterocycles. The van der Waals surface area contributed by atoms with Crippen LogP contribution >= 0.6 is 15.9 Å². The molecule has 0 amide bonds. The zero-order valence-electron chi connectivity index (χ0n) is 8.79. The van der Waals surface area contributed by atoms with Crippen LogP contribution in [0.4, 0.5) is 0 Å². The van der Waals surface area contributed by atoms with E-state index in [4.69, 9.17) is 4.74 Å². The Morgan fingerprint density at radius 2 is 2.13 bits per heavy atom. The molecule has 0 bridgehead atoms. The second-order valence-corrected chi connectivity index (χ2v) is 4.91. The van der Waals surface area contributed by atoms with Crippen molar-refractivity contribution in [1.29, 1.82) is 0 Å². The monoisotopic (exact) mass is 270 g/mol. The molecule has 0 radical (unpaired) electrons. The molecule has 0 unspecified atom stereocenters. The van der Waals surface area contributed by atoms with Gasteiger partial charge in [0, 0.05) is 6.07 Å². The Kier molecular flexibility index (Phi) is 3.26. The number of rotatable bonds is 2. The van der Waals surface area contributed by atoms with Gasteiger partial charge in [0.2, 0.25) is 5.88 Å². The van der Waals surface area contributed by atoms with Crippen molar-refractivity contribution >= 4 is 15.9 Å². The fraction of sp³-hybridized carbons (Fsp3) is 0.545. The average Bonchev–Trinajstić information content (AvgIpc) is 2.18. The molecule has 1 N–H and O–H groups in total. The van der Waals surface area contributed by atoms with E-state index in [1.807, 2.05) is 18.2 Å². The number of halogens is 1. The van der Waals surface area contributed by atoms with Crippen LogP contribution in [0, 0.1) is 0 Å². The van der Waals surface area contributed by atoms with Gasteiger partial charge in [-0.25, -0.2) is 4.98 Å².